The molecule has 0 saturated carbocycles. The third kappa shape index (κ3) is 4.53. The van der Waals surface area contributed by atoms with Gasteiger partial charge in [0, 0.05) is 31.2 Å². The van der Waals surface area contributed by atoms with Crippen LogP contribution in [0.15, 0.2) is 24.7 Å². The topological polar surface area (TPSA) is 79.5 Å². The number of carboxylic acids is 1. The van der Waals surface area contributed by atoms with E-state index in [0.717, 1.165) is 25.0 Å². The lowest BCUT2D eigenvalue weighted by Gasteiger charge is -2.13. The van der Waals surface area contributed by atoms with Crippen LogP contribution in [0.4, 0.5) is 0 Å². The molecule has 2 atom stereocenters. The highest BCUT2D eigenvalue weighted by Crippen LogP contribution is 2.10. The van der Waals surface area contributed by atoms with Crippen LogP contribution in [0.2, 0.25) is 0 Å². The molecule has 6 heteroatoms. The van der Waals surface area contributed by atoms with Gasteiger partial charge in [-0.15, -0.1) is 0 Å². The first-order valence-electron chi connectivity index (χ1n) is 7.31. The number of imidazole rings is 1. The molecule has 0 spiro atoms. The summed E-state index contributed by atoms with van der Waals surface area (Å²) in [5.74, 6) is -0.272. The van der Waals surface area contributed by atoms with Gasteiger partial charge in [0.2, 0.25) is 5.78 Å². The summed E-state index contributed by atoms with van der Waals surface area (Å²) in [5.41, 5.74) is 0.958. The maximum atomic E-state index is 10.7. The van der Waals surface area contributed by atoms with Gasteiger partial charge in [0.25, 0.3) is 0 Å². The zero-order valence-electron chi connectivity index (χ0n) is 12.5. The number of nitrogens with zero attached hydrogens (tertiary/aromatic N) is 3. The monoisotopic (exact) mass is 290 g/mol. The van der Waals surface area contributed by atoms with Gasteiger partial charge >= 0.3 is 5.97 Å². The minimum absolute atomic E-state index is 0.262. The lowest BCUT2D eigenvalue weighted by Crippen LogP contribution is -2.25. The van der Waals surface area contributed by atoms with Crippen LogP contribution < -0.4 is 5.32 Å². The van der Waals surface area contributed by atoms with Crippen LogP contribution in [0.1, 0.15) is 38.8 Å². The summed E-state index contributed by atoms with van der Waals surface area (Å²) in [7, 11) is 0. The maximum absolute atomic E-state index is 10.7. The van der Waals surface area contributed by atoms with Crippen LogP contribution in [0.3, 0.4) is 0 Å². The Balaban J connectivity index is 1.73. The molecule has 2 aromatic heterocycles. The Labute approximate surface area is 124 Å². The second kappa shape index (κ2) is 7.17. The molecule has 2 heterocycles. The summed E-state index contributed by atoms with van der Waals surface area (Å²) in [5, 5.41) is 12.2. The molecule has 21 heavy (non-hydrogen) atoms. The van der Waals surface area contributed by atoms with Crippen molar-refractivity contribution in [3.63, 3.8) is 0 Å². The van der Waals surface area contributed by atoms with Gasteiger partial charge in [0.05, 0.1) is 11.6 Å². The Morgan fingerprint density at radius 2 is 2.24 bits per heavy atom. The maximum Gasteiger partial charge on any atom is 0.306 e. The Morgan fingerprint density at radius 3 is 2.95 bits per heavy atom. The summed E-state index contributed by atoms with van der Waals surface area (Å²) in [6.45, 7) is 4.56. The summed E-state index contributed by atoms with van der Waals surface area (Å²) in [4.78, 5) is 19.3. The number of carboxylic acid groups (broad SMARTS) is 1. The Hall–Kier alpha value is -1.95. The standard InChI is InChI=1S/C15H22N4O2/c1-11(14(20)21)5-3-6-12(2)17-9-13-10-19-8-4-7-16-15(19)18-13/h4,7-8,10-12,17H,3,5-6,9H2,1-2H3,(H,20,21). The van der Waals surface area contributed by atoms with E-state index in [0.29, 0.717) is 18.4 Å². The molecule has 0 radical (unpaired) electrons. The quantitative estimate of drug-likeness (QED) is 0.778. The van der Waals surface area contributed by atoms with Crippen LogP contribution in [-0.2, 0) is 11.3 Å². The average molecular weight is 290 g/mol. The number of hydrogen-bond acceptors (Lipinski definition) is 4. The Morgan fingerprint density at radius 1 is 1.43 bits per heavy atom. The van der Waals surface area contributed by atoms with E-state index >= 15 is 0 Å². The van der Waals surface area contributed by atoms with E-state index < -0.39 is 5.97 Å². The van der Waals surface area contributed by atoms with E-state index in [1.165, 1.54) is 0 Å². The Bertz CT molecular complexity index is 563. The highest BCUT2D eigenvalue weighted by Gasteiger charge is 2.11. The lowest BCUT2D eigenvalue weighted by atomic mass is 10.0. The number of carbonyl (C=O) groups is 1. The molecule has 0 aromatic carbocycles. The Kier molecular flexibility index (Phi) is 5.27. The first-order valence-corrected chi connectivity index (χ1v) is 7.31. The number of rotatable bonds is 8. The molecule has 114 valence electrons. The van der Waals surface area contributed by atoms with Crippen molar-refractivity contribution in [2.75, 3.05) is 0 Å². The first kappa shape index (κ1) is 15.4. The smallest absolute Gasteiger partial charge is 0.306 e. The second-order valence-corrected chi connectivity index (χ2v) is 5.51. The van der Waals surface area contributed by atoms with Crippen LogP contribution >= 0.6 is 0 Å². The van der Waals surface area contributed by atoms with Crippen molar-refractivity contribution < 1.29 is 9.90 Å². The van der Waals surface area contributed by atoms with Crippen molar-refractivity contribution >= 4 is 11.7 Å². The zero-order valence-corrected chi connectivity index (χ0v) is 12.5. The largest absolute Gasteiger partial charge is 0.481 e. The number of fused-ring (bicyclic) bond motifs is 1. The van der Waals surface area contributed by atoms with E-state index in [4.69, 9.17) is 5.11 Å². The summed E-state index contributed by atoms with van der Waals surface area (Å²) in [6.07, 6.45) is 8.22. The fourth-order valence-electron chi connectivity index (χ4n) is 2.20. The molecule has 2 aromatic rings. The lowest BCUT2D eigenvalue weighted by molar-refractivity contribution is -0.141. The van der Waals surface area contributed by atoms with Gasteiger partial charge in [0.15, 0.2) is 0 Å². The minimum atomic E-state index is -0.715. The molecule has 6 nitrogen and oxygen atoms in total. The molecule has 0 aliphatic rings. The molecule has 2 N–H and O–H groups in total. The molecule has 2 unspecified atom stereocenters. The fraction of sp³-hybridized carbons (Fsp3) is 0.533. The first-order chi connectivity index (χ1) is 10.1. The number of hydrogen-bond donors (Lipinski definition) is 2. The van der Waals surface area contributed by atoms with Gasteiger partial charge < -0.3 is 10.4 Å². The molecule has 0 aliphatic heterocycles. The minimum Gasteiger partial charge on any atom is -0.481 e. The highest BCUT2D eigenvalue weighted by molar-refractivity contribution is 5.69. The fourth-order valence-corrected chi connectivity index (χ4v) is 2.20. The average Bonchev–Trinajstić information content (AvgIpc) is 2.87. The molecule has 0 aliphatic carbocycles. The molecule has 2 rings (SSSR count). The van der Waals surface area contributed by atoms with Crippen molar-refractivity contribution in [3.05, 3.63) is 30.4 Å². The van der Waals surface area contributed by atoms with E-state index in [1.54, 1.807) is 13.1 Å². The summed E-state index contributed by atoms with van der Waals surface area (Å²) >= 11 is 0. The van der Waals surface area contributed by atoms with Crippen LogP contribution in [0, 0.1) is 5.92 Å². The molecular weight excluding hydrogens is 268 g/mol. The van der Waals surface area contributed by atoms with Gasteiger partial charge in [-0.1, -0.05) is 13.3 Å². The molecule has 0 bridgehead atoms. The second-order valence-electron chi connectivity index (χ2n) is 5.51. The highest BCUT2D eigenvalue weighted by atomic mass is 16.4. The van der Waals surface area contributed by atoms with E-state index in [2.05, 4.69) is 22.2 Å². The number of aliphatic carboxylic acids is 1. The third-order valence-electron chi connectivity index (χ3n) is 3.61. The van der Waals surface area contributed by atoms with E-state index in [1.807, 2.05) is 22.9 Å². The van der Waals surface area contributed by atoms with Gasteiger partial charge in [0.1, 0.15) is 0 Å². The van der Waals surface area contributed by atoms with Gasteiger partial charge in [-0.2, -0.15) is 0 Å². The van der Waals surface area contributed by atoms with Crippen molar-refractivity contribution in [2.24, 2.45) is 5.92 Å². The van der Waals surface area contributed by atoms with E-state index in [-0.39, 0.29) is 5.92 Å². The van der Waals surface area contributed by atoms with Gasteiger partial charge in [-0.05, 0) is 25.8 Å². The summed E-state index contributed by atoms with van der Waals surface area (Å²) in [6, 6.07) is 2.21. The zero-order chi connectivity index (χ0) is 15.2. The van der Waals surface area contributed by atoms with Crippen molar-refractivity contribution in [2.45, 2.75) is 45.7 Å². The molecule has 0 amide bonds. The van der Waals surface area contributed by atoms with Crippen LogP contribution in [-0.4, -0.2) is 31.5 Å². The van der Waals surface area contributed by atoms with Gasteiger partial charge in [-0.25, -0.2) is 9.97 Å². The third-order valence-corrected chi connectivity index (χ3v) is 3.61. The number of aromatic nitrogens is 3. The van der Waals surface area contributed by atoms with Crippen LogP contribution in [0.5, 0.6) is 0 Å². The predicted octanol–water partition coefficient (Wildman–Crippen LogP) is 2.10. The molecule has 0 saturated heterocycles. The van der Waals surface area contributed by atoms with Gasteiger partial charge in [-0.3, -0.25) is 9.20 Å². The number of nitrogens with one attached hydrogen (secondary N) is 1. The van der Waals surface area contributed by atoms with Crippen molar-refractivity contribution in [3.8, 4) is 0 Å². The van der Waals surface area contributed by atoms with Crippen molar-refractivity contribution in [1.82, 2.24) is 19.7 Å². The summed E-state index contributed by atoms with van der Waals surface area (Å²) < 4.78 is 1.90. The van der Waals surface area contributed by atoms with E-state index in [9.17, 15) is 4.79 Å². The molecular formula is C15H22N4O2. The normalized spacial score (nSPS) is 14.2. The van der Waals surface area contributed by atoms with Crippen LogP contribution in [0.25, 0.3) is 5.78 Å². The molecule has 0 fully saturated rings. The van der Waals surface area contributed by atoms with Crippen molar-refractivity contribution in [1.29, 1.82) is 0 Å². The SMILES string of the molecule is CC(CCCC(C)C(=O)O)NCc1cn2cccnc2n1. The predicted molar refractivity (Wildman–Crippen MR) is 79.9 cm³/mol.